The normalized spacial score (nSPS) is 10.3. The van der Waals surface area contributed by atoms with E-state index in [0.717, 1.165) is 10.6 Å². The quantitative estimate of drug-likeness (QED) is 0.931. The lowest BCUT2D eigenvalue weighted by atomic mass is 10.1. The zero-order valence-corrected chi connectivity index (χ0v) is 11.1. The topological polar surface area (TPSA) is 65.8 Å². The fourth-order valence-corrected chi connectivity index (χ4v) is 2.24. The zero-order chi connectivity index (χ0) is 13.7. The molecule has 0 saturated carbocycles. The number of nitrogens with one attached hydrogen (secondary N) is 1. The van der Waals surface area contributed by atoms with Gasteiger partial charge in [0.15, 0.2) is 0 Å². The first-order chi connectivity index (χ1) is 9.22. The molecule has 1 N–H and O–H groups in total. The van der Waals surface area contributed by atoms with E-state index in [9.17, 15) is 4.79 Å². The lowest BCUT2D eigenvalue weighted by Crippen LogP contribution is -2.16. The summed E-state index contributed by atoms with van der Waals surface area (Å²) in [5.74, 6) is -0.136. The van der Waals surface area contributed by atoms with Crippen LogP contribution < -0.4 is 5.32 Å². The number of benzene rings is 1. The molecule has 5 heteroatoms. The van der Waals surface area contributed by atoms with Crippen LogP contribution in [-0.2, 0) is 0 Å². The van der Waals surface area contributed by atoms with Gasteiger partial charge in [0.2, 0.25) is 0 Å². The maximum Gasteiger partial charge on any atom is 0.262 e. The SMILES string of the molecule is CNC(=O)c1cnc(C=Cc2cccc(C#N)c2)s1. The summed E-state index contributed by atoms with van der Waals surface area (Å²) < 4.78 is 0. The summed E-state index contributed by atoms with van der Waals surface area (Å²) in [4.78, 5) is 16.1. The Bertz CT molecular complexity index is 667. The minimum atomic E-state index is -0.136. The van der Waals surface area contributed by atoms with Gasteiger partial charge < -0.3 is 5.32 Å². The number of carbonyl (C=O) groups is 1. The number of thiazole rings is 1. The summed E-state index contributed by atoms with van der Waals surface area (Å²) in [5.41, 5.74) is 1.54. The first-order valence-corrected chi connectivity index (χ1v) is 6.41. The van der Waals surface area contributed by atoms with E-state index in [4.69, 9.17) is 5.26 Å². The summed E-state index contributed by atoms with van der Waals surface area (Å²) >= 11 is 1.32. The van der Waals surface area contributed by atoms with Gasteiger partial charge in [-0.05, 0) is 23.8 Å². The van der Waals surface area contributed by atoms with Crippen LogP contribution in [0.1, 0.15) is 25.8 Å². The minimum absolute atomic E-state index is 0.136. The molecular weight excluding hydrogens is 258 g/mol. The predicted octanol–water partition coefficient (Wildman–Crippen LogP) is 2.54. The maximum absolute atomic E-state index is 11.4. The Morgan fingerprint density at radius 1 is 1.47 bits per heavy atom. The molecule has 0 aliphatic heterocycles. The monoisotopic (exact) mass is 269 g/mol. The maximum atomic E-state index is 11.4. The van der Waals surface area contributed by atoms with Crippen molar-refractivity contribution in [1.29, 1.82) is 5.26 Å². The van der Waals surface area contributed by atoms with Crippen LogP contribution in [0, 0.1) is 11.3 Å². The van der Waals surface area contributed by atoms with Crippen molar-refractivity contribution in [3.63, 3.8) is 0 Å². The molecule has 94 valence electrons. The van der Waals surface area contributed by atoms with E-state index in [1.165, 1.54) is 11.3 Å². The summed E-state index contributed by atoms with van der Waals surface area (Å²) in [6.07, 6.45) is 5.25. The first-order valence-electron chi connectivity index (χ1n) is 5.59. The van der Waals surface area contributed by atoms with Crippen molar-refractivity contribution in [2.75, 3.05) is 7.05 Å². The van der Waals surface area contributed by atoms with Gasteiger partial charge in [-0.3, -0.25) is 4.79 Å². The highest BCUT2D eigenvalue weighted by Crippen LogP contribution is 2.16. The molecule has 19 heavy (non-hydrogen) atoms. The van der Waals surface area contributed by atoms with Crippen LogP contribution in [0.15, 0.2) is 30.5 Å². The van der Waals surface area contributed by atoms with E-state index >= 15 is 0 Å². The average Bonchev–Trinajstić information content (AvgIpc) is 2.93. The number of hydrogen-bond acceptors (Lipinski definition) is 4. The van der Waals surface area contributed by atoms with Crippen molar-refractivity contribution in [2.24, 2.45) is 0 Å². The Morgan fingerprint density at radius 3 is 3.05 bits per heavy atom. The molecule has 0 atom stereocenters. The molecular formula is C14H11N3OS. The first kappa shape index (κ1) is 13.0. The van der Waals surface area contributed by atoms with Gasteiger partial charge >= 0.3 is 0 Å². The molecule has 4 nitrogen and oxygen atoms in total. The van der Waals surface area contributed by atoms with E-state index < -0.39 is 0 Å². The minimum Gasteiger partial charge on any atom is -0.354 e. The number of aromatic nitrogens is 1. The van der Waals surface area contributed by atoms with Crippen LogP contribution in [0.3, 0.4) is 0 Å². The van der Waals surface area contributed by atoms with Crippen molar-refractivity contribution >= 4 is 29.4 Å². The van der Waals surface area contributed by atoms with E-state index in [2.05, 4.69) is 16.4 Å². The highest BCUT2D eigenvalue weighted by Gasteiger charge is 2.06. The molecule has 0 aliphatic carbocycles. The third kappa shape index (κ3) is 3.27. The number of nitriles is 1. The number of carbonyl (C=O) groups excluding carboxylic acids is 1. The highest BCUT2D eigenvalue weighted by molar-refractivity contribution is 7.14. The molecule has 2 rings (SSSR count). The van der Waals surface area contributed by atoms with Gasteiger partial charge in [-0.15, -0.1) is 11.3 Å². The second-order valence-electron chi connectivity index (χ2n) is 3.71. The molecule has 1 amide bonds. The number of nitrogens with zero attached hydrogens (tertiary/aromatic N) is 2. The Kier molecular flexibility index (Phi) is 4.06. The Morgan fingerprint density at radius 2 is 2.32 bits per heavy atom. The van der Waals surface area contributed by atoms with Crippen molar-refractivity contribution in [1.82, 2.24) is 10.3 Å². The second-order valence-corrected chi connectivity index (χ2v) is 4.77. The molecule has 0 unspecified atom stereocenters. The van der Waals surface area contributed by atoms with Crippen LogP contribution in [0.4, 0.5) is 0 Å². The van der Waals surface area contributed by atoms with Crippen LogP contribution in [0.2, 0.25) is 0 Å². The largest absolute Gasteiger partial charge is 0.354 e. The molecule has 1 heterocycles. The molecule has 1 aromatic heterocycles. The zero-order valence-electron chi connectivity index (χ0n) is 10.3. The molecule has 1 aromatic carbocycles. The van der Waals surface area contributed by atoms with Gasteiger partial charge in [-0.25, -0.2) is 4.98 Å². The molecule has 0 fully saturated rings. The summed E-state index contributed by atoms with van der Waals surface area (Å²) in [6, 6.07) is 9.38. The highest BCUT2D eigenvalue weighted by atomic mass is 32.1. The summed E-state index contributed by atoms with van der Waals surface area (Å²) in [6.45, 7) is 0. The van der Waals surface area contributed by atoms with Crippen LogP contribution in [0.5, 0.6) is 0 Å². The summed E-state index contributed by atoms with van der Waals surface area (Å²) in [5, 5.41) is 12.1. The number of rotatable bonds is 3. The molecule has 2 aromatic rings. The van der Waals surface area contributed by atoms with Crippen molar-refractivity contribution in [2.45, 2.75) is 0 Å². The van der Waals surface area contributed by atoms with Crippen molar-refractivity contribution in [3.05, 3.63) is 51.5 Å². The van der Waals surface area contributed by atoms with E-state index in [1.807, 2.05) is 24.3 Å². The van der Waals surface area contributed by atoms with Gasteiger partial charge in [-0.1, -0.05) is 18.2 Å². The third-order valence-electron chi connectivity index (χ3n) is 2.41. The van der Waals surface area contributed by atoms with Gasteiger partial charge in [0.1, 0.15) is 9.88 Å². The second kappa shape index (κ2) is 5.94. The van der Waals surface area contributed by atoms with Gasteiger partial charge in [0, 0.05) is 7.05 Å². The molecule has 0 spiro atoms. The van der Waals surface area contributed by atoms with E-state index in [0.29, 0.717) is 10.4 Å². The number of amides is 1. The molecule has 0 aliphatic rings. The Balaban J connectivity index is 2.16. The van der Waals surface area contributed by atoms with E-state index in [-0.39, 0.29) is 5.91 Å². The number of hydrogen-bond donors (Lipinski definition) is 1. The average molecular weight is 269 g/mol. The van der Waals surface area contributed by atoms with Crippen LogP contribution in [0.25, 0.3) is 12.2 Å². The molecule has 0 bridgehead atoms. The molecule has 0 radical (unpaired) electrons. The van der Waals surface area contributed by atoms with Gasteiger partial charge in [0.25, 0.3) is 5.91 Å². The van der Waals surface area contributed by atoms with Crippen LogP contribution >= 0.6 is 11.3 Å². The Hall–Kier alpha value is -2.45. The lowest BCUT2D eigenvalue weighted by molar-refractivity contribution is 0.0967. The van der Waals surface area contributed by atoms with Crippen molar-refractivity contribution < 1.29 is 4.79 Å². The van der Waals surface area contributed by atoms with Gasteiger partial charge in [-0.2, -0.15) is 5.26 Å². The standard InChI is InChI=1S/C14H11N3OS/c1-16-14(18)12-9-17-13(19-12)6-5-10-3-2-4-11(7-10)8-15/h2-7,9H,1H3,(H,16,18). The van der Waals surface area contributed by atoms with Crippen LogP contribution in [-0.4, -0.2) is 17.9 Å². The lowest BCUT2D eigenvalue weighted by Gasteiger charge is -1.93. The predicted molar refractivity (Wildman–Crippen MR) is 75.6 cm³/mol. The fraction of sp³-hybridized carbons (Fsp3) is 0.0714. The van der Waals surface area contributed by atoms with E-state index in [1.54, 1.807) is 25.4 Å². The third-order valence-corrected chi connectivity index (χ3v) is 3.37. The van der Waals surface area contributed by atoms with Gasteiger partial charge in [0.05, 0.1) is 17.8 Å². The van der Waals surface area contributed by atoms with Crippen molar-refractivity contribution in [3.8, 4) is 6.07 Å². The molecule has 0 saturated heterocycles. The summed E-state index contributed by atoms with van der Waals surface area (Å²) in [7, 11) is 1.59. The Labute approximate surface area is 115 Å². The smallest absolute Gasteiger partial charge is 0.262 e. The fourth-order valence-electron chi connectivity index (χ4n) is 1.47.